The minimum Gasteiger partial charge on any atom is -0.503 e. The van der Waals surface area contributed by atoms with E-state index in [2.05, 4.69) is 5.32 Å². The Labute approximate surface area is 182 Å². The summed E-state index contributed by atoms with van der Waals surface area (Å²) >= 11 is 6.69. The number of imide groups is 1. The molecule has 2 N–H and O–H groups in total. The van der Waals surface area contributed by atoms with E-state index in [1.165, 1.54) is 25.3 Å². The number of aryl methyl sites for hydroxylation is 1. The van der Waals surface area contributed by atoms with Crippen LogP contribution in [0.15, 0.2) is 41.3 Å². The van der Waals surface area contributed by atoms with Gasteiger partial charge in [-0.15, -0.1) is 0 Å². The number of methoxy groups -OCH3 is 1. The van der Waals surface area contributed by atoms with Crippen molar-refractivity contribution in [3.63, 3.8) is 0 Å². The van der Waals surface area contributed by atoms with Gasteiger partial charge in [-0.25, -0.2) is 0 Å². The summed E-state index contributed by atoms with van der Waals surface area (Å²) < 4.78 is 5.04. The van der Waals surface area contributed by atoms with Crippen LogP contribution >= 0.6 is 23.4 Å². The van der Waals surface area contributed by atoms with Gasteiger partial charge in [0.25, 0.3) is 11.1 Å². The first-order valence-electron chi connectivity index (χ1n) is 8.92. The number of hydrogen-bond acceptors (Lipinski definition) is 6. The van der Waals surface area contributed by atoms with Gasteiger partial charge >= 0.3 is 0 Å². The topological polar surface area (TPSA) is 95.9 Å². The van der Waals surface area contributed by atoms with Gasteiger partial charge in [-0.1, -0.05) is 41.4 Å². The monoisotopic (exact) mass is 446 g/mol. The quantitative estimate of drug-likeness (QED) is 0.656. The summed E-state index contributed by atoms with van der Waals surface area (Å²) in [5.74, 6) is -1.08. The molecule has 30 heavy (non-hydrogen) atoms. The van der Waals surface area contributed by atoms with Gasteiger partial charge in [0.2, 0.25) is 5.91 Å². The maximum absolute atomic E-state index is 12.6. The van der Waals surface area contributed by atoms with Crippen LogP contribution in [-0.4, -0.2) is 40.7 Å². The second-order valence-electron chi connectivity index (χ2n) is 6.58. The highest BCUT2D eigenvalue weighted by molar-refractivity contribution is 8.18. The predicted molar refractivity (Wildman–Crippen MR) is 115 cm³/mol. The number of ether oxygens (including phenoxy) is 1. The van der Waals surface area contributed by atoms with Crippen LogP contribution in [-0.2, 0) is 16.1 Å². The van der Waals surface area contributed by atoms with Gasteiger partial charge in [0, 0.05) is 6.54 Å². The molecule has 1 aliphatic heterocycles. The number of halogens is 1. The number of rotatable bonds is 6. The molecule has 9 heteroatoms. The van der Waals surface area contributed by atoms with Crippen LogP contribution in [0.2, 0.25) is 5.02 Å². The molecule has 156 valence electrons. The van der Waals surface area contributed by atoms with E-state index in [0.717, 1.165) is 27.8 Å². The molecule has 0 aliphatic carbocycles. The van der Waals surface area contributed by atoms with E-state index in [1.54, 1.807) is 0 Å². The summed E-state index contributed by atoms with van der Waals surface area (Å²) in [7, 11) is 1.37. The van der Waals surface area contributed by atoms with Crippen molar-refractivity contribution >= 4 is 46.5 Å². The standard InChI is InChI=1S/C21H19ClN2O5S/c1-12-3-5-13(6-4-12)10-23-18(25)11-24-20(27)17(30-21(24)28)9-14-7-15(22)19(26)16(8-14)29-2/h3-9,26H,10-11H2,1-2H3,(H,23,25)/b17-9-. The molecule has 0 unspecified atom stereocenters. The Morgan fingerprint density at radius 3 is 2.63 bits per heavy atom. The number of aromatic hydroxyl groups is 1. The molecule has 0 atom stereocenters. The molecular formula is C21H19ClN2O5S. The molecule has 2 aromatic rings. The maximum atomic E-state index is 12.6. The normalized spacial score (nSPS) is 15.0. The molecule has 3 rings (SSSR count). The summed E-state index contributed by atoms with van der Waals surface area (Å²) in [4.78, 5) is 38.1. The first-order chi connectivity index (χ1) is 14.3. The van der Waals surface area contributed by atoms with Crippen molar-refractivity contribution in [2.75, 3.05) is 13.7 Å². The Kier molecular flexibility index (Phi) is 6.69. The minimum absolute atomic E-state index is 0.0512. The Hall–Kier alpha value is -2.97. The first-order valence-corrected chi connectivity index (χ1v) is 10.1. The van der Waals surface area contributed by atoms with E-state index in [1.807, 2.05) is 31.2 Å². The van der Waals surface area contributed by atoms with Crippen LogP contribution < -0.4 is 10.1 Å². The number of thioether (sulfide) groups is 1. The zero-order chi connectivity index (χ0) is 21.8. The lowest BCUT2D eigenvalue weighted by Crippen LogP contribution is -2.39. The van der Waals surface area contributed by atoms with E-state index in [0.29, 0.717) is 12.1 Å². The van der Waals surface area contributed by atoms with Gasteiger partial charge in [-0.05, 0) is 48.0 Å². The fourth-order valence-electron chi connectivity index (χ4n) is 2.73. The highest BCUT2D eigenvalue weighted by Gasteiger charge is 2.36. The molecule has 7 nitrogen and oxygen atoms in total. The Morgan fingerprint density at radius 1 is 1.27 bits per heavy atom. The molecular weight excluding hydrogens is 428 g/mol. The summed E-state index contributed by atoms with van der Waals surface area (Å²) in [6, 6.07) is 10.6. The number of carbonyl (C=O) groups is 3. The summed E-state index contributed by atoms with van der Waals surface area (Å²) in [5, 5.41) is 12.0. The fourth-order valence-corrected chi connectivity index (χ4v) is 3.78. The molecule has 0 spiro atoms. The molecule has 2 aromatic carbocycles. The van der Waals surface area contributed by atoms with Crippen molar-refractivity contribution in [1.29, 1.82) is 0 Å². The van der Waals surface area contributed by atoms with Crippen molar-refractivity contribution in [3.05, 3.63) is 63.0 Å². The molecule has 0 radical (unpaired) electrons. The van der Waals surface area contributed by atoms with E-state index >= 15 is 0 Å². The lowest BCUT2D eigenvalue weighted by atomic mass is 10.1. The Balaban J connectivity index is 1.67. The number of amides is 3. The van der Waals surface area contributed by atoms with Crippen molar-refractivity contribution in [1.82, 2.24) is 10.2 Å². The fraction of sp³-hybridized carbons (Fsp3) is 0.190. The van der Waals surface area contributed by atoms with E-state index in [-0.39, 0.29) is 28.0 Å². The Morgan fingerprint density at radius 2 is 1.97 bits per heavy atom. The highest BCUT2D eigenvalue weighted by Crippen LogP contribution is 2.37. The average Bonchev–Trinajstić information content (AvgIpc) is 2.97. The van der Waals surface area contributed by atoms with Crippen molar-refractivity contribution in [2.45, 2.75) is 13.5 Å². The first kappa shape index (κ1) is 21.7. The number of phenolic OH excluding ortho intramolecular Hbond substituents is 1. The van der Waals surface area contributed by atoms with Gasteiger partial charge in [-0.2, -0.15) is 0 Å². The molecule has 1 fully saturated rings. The third-order valence-electron chi connectivity index (χ3n) is 4.35. The second-order valence-corrected chi connectivity index (χ2v) is 7.98. The number of carbonyl (C=O) groups excluding carboxylic acids is 3. The highest BCUT2D eigenvalue weighted by atomic mass is 35.5. The summed E-state index contributed by atoms with van der Waals surface area (Å²) in [6.45, 7) is 1.91. The number of hydrogen-bond donors (Lipinski definition) is 2. The van der Waals surface area contributed by atoms with E-state index in [4.69, 9.17) is 16.3 Å². The average molecular weight is 447 g/mol. The lowest BCUT2D eigenvalue weighted by molar-refractivity contribution is -0.129. The van der Waals surface area contributed by atoms with Gasteiger partial charge in [0.15, 0.2) is 11.5 Å². The zero-order valence-electron chi connectivity index (χ0n) is 16.3. The molecule has 1 aliphatic rings. The van der Waals surface area contributed by atoms with Crippen LogP contribution in [0.5, 0.6) is 11.5 Å². The molecule has 1 heterocycles. The zero-order valence-corrected chi connectivity index (χ0v) is 17.8. The van der Waals surface area contributed by atoms with Gasteiger partial charge in [0.1, 0.15) is 6.54 Å². The molecule has 0 aromatic heterocycles. The maximum Gasteiger partial charge on any atom is 0.294 e. The number of benzene rings is 2. The van der Waals surface area contributed by atoms with Crippen LogP contribution in [0.25, 0.3) is 6.08 Å². The van der Waals surface area contributed by atoms with Crippen LogP contribution in [0.1, 0.15) is 16.7 Å². The Bertz CT molecular complexity index is 1040. The molecule has 0 saturated carbocycles. The largest absolute Gasteiger partial charge is 0.503 e. The van der Waals surface area contributed by atoms with Crippen LogP contribution in [0, 0.1) is 6.92 Å². The number of nitrogens with one attached hydrogen (secondary N) is 1. The molecule has 1 saturated heterocycles. The predicted octanol–water partition coefficient (Wildman–Crippen LogP) is 3.72. The molecule has 3 amide bonds. The van der Waals surface area contributed by atoms with Gasteiger partial charge in [0.05, 0.1) is 17.0 Å². The van der Waals surface area contributed by atoms with Gasteiger partial charge < -0.3 is 15.2 Å². The van der Waals surface area contributed by atoms with Crippen molar-refractivity contribution in [3.8, 4) is 11.5 Å². The van der Waals surface area contributed by atoms with Crippen molar-refractivity contribution in [2.24, 2.45) is 0 Å². The number of nitrogens with zero attached hydrogens (tertiary/aromatic N) is 1. The SMILES string of the molecule is COc1cc(/C=C2\SC(=O)N(CC(=O)NCc3ccc(C)cc3)C2=O)cc(Cl)c1O. The third kappa shape index (κ3) is 4.95. The van der Waals surface area contributed by atoms with E-state index < -0.39 is 17.1 Å². The second kappa shape index (κ2) is 9.23. The summed E-state index contributed by atoms with van der Waals surface area (Å²) in [6.07, 6.45) is 1.46. The van der Waals surface area contributed by atoms with Gasteiger partial charge in [-0.3, -0.25) is 19.3 Å². The lowest BCUT2D eigenvalue weighted by Gasteiger charge is -2.12. The third-order valence-corrected chi connectivity index (χ3v) is 5.55. The van der Waals surface area contributed by atoms with E-state index in [9.17, 15) is 19.5 Å². The smallest absolute Gasteiger partial charge is 0.294 e. The molecule has 0 bridgehead atoms. The van der Waals surface area contributed by atoms with Crippen molar-refractivity contribution < 1.29 is 24.2 Å². The van der Waals surface area contributed by atoms with Crippen LogP contribution in [0.3, 0.4) is 0 Å². The minimum atomic E-state index is -0.571. The van der Waals surface area contributed by atoms with Crippen LogP contribution in [0.4, 0.5) is 4.79 Å². The summed E-state index contributed by atoms with van der Waals surface area (Å²) in [5.41, 5.74) is 2.51. The number of phenols is 1.